The molecule has 2 aliphatic rings. The third kappa shape index (κ3) is 1.37. The topological polar surface area (TPSA) is 33.7 Å². The molecule has 0 radical (unpaired) electrons. The van der Waals surface area contributed by atoms with Gasteiger partial charge < -0.3 is 9.32 Å². The highest BCUT2D eigenvalue weighted by atomic mass is 16.3. The lowest BCUT2D eigenvalue weighted by atomic mass is 9.52. The second-order valence-electron chi connectivity index (χ2n) is 8.79. The zero-order chi connectivity index (χ0) is 17.8. The van der Waals surface area contributed by atoms with Crippen molar-refractivity contribution in [3.05, 3.63) is 53.7 Å². The molecule has 4 heteroatoms. The maximum Gasteiger partial charge on any atom is 0.306 e. The van der Waals surface area contributed by atoms with E-state index >= 15 is 0 Å². The number of hydrogen-bond donors (Lipinski definition) is 0. The zero-order valence-electron chi connectivity index (χ0n) is 15.8. The smallest absolute Gasteiger partial charge is 0.306 e. The van der Waals surface area contributed by atoms with Crippen LogP contribution in [0.1, 0.15) is 64.5 Å². The van der Waals surface area contributed by atoms with Gasteiger partial charge in [-0.25, -0.2) is 0 Å². The first-order chi connectivity index (χ1) is 11.7. The van der Waals surface area contributed by atoms with E-state index in [1.165, 1.54) is 16.9 Å². The van der Waals surface area contributed by atoms with Gasteiger partial charge in [0.05, 0.1) is 23.0 Å². The minimum Gasteiger partial charge on any atom is -0.432 e. The standard InChI is InChI=1S/C21H25N3O/c1-13-16-17(23-11-12-25-18(23)22-16)21(6)20(4,5)19(2,3)14-9-7-8-10-15(14)24(13)21/h7-13H,1-6H3. The minimum absolute atomic E-state index is 0.0128. The van der Waals surface area contributed by atoms with E-state index in [-0.39, 0.29) is 22.4 Å². The van der Waals surface area contributed by atoms with Gasteiger partial charge in [0.15, 0.2) is 0 Å². The van der Waals surface area contributed by atoms with Crippen LogP contribution in [0.4, 0.5) is 5.69 Å². The van der Waals surface area contributed by atoms with Crippen LogP contribution in [0.2, 0.25) is 0 Å². The van der Waals surface area contributed by atoms with Crippen molar-refractivity contribution in [1.29, 1.82) is 0 Å². The van der Waals surface area contributed by atoms with Gasteiger partial charge in [0.25, 0.3) is 0 Å². The molecule has 2 aromatic heterocycles. The lowest BCUT2D eigenvalue weighted by molar-refractivity contribution is 0.0621. The third-order valence-corrected chi connectivity index (χ3v) is 7.63. The van der Waals surface area contributed by atoms with Gasteiger partial charge in [0, 0.05) is 17.3 Å². The molecular formula is C21H25N3O. The molecule has 0 saturated heterocycles. The highest BCUT2D eigenvalue weighted by Gasteiger charge is 2.65. The summed E-state index contributed by atoms with van der Waals surface area (Å²) in [6.07, 6.45) is 3.74. The summed E-state index contributed by atoms with van der Waals surface area (Å²) in [5, 5.41) is 0. The maximum atomic E-state index is 5.61. The van der Waals surface area contributed by atoms with Crippen LogP contribution in [-0.2, 0) is 11.0 Å². The number of hydrogen-bond acceptors (Lipinski definition) is 3. The van der Waals surface area contributed by atoms with Gasteiger partial charge in [-0.2, -0.15) is 4.98 Å². The lowest BCUT2D eigenvalue weighted by Crippen LogP contribution is -2.62. The normalized spacial score (nSPS) is 28.7. The van der Waals surface area contributed by atoms with Gasteiger partial charge in [-0.15, -0.1) is 0 Å². The molecule has 0 fully saturated rings. The lowest BCUT2D eigenvalue weighted by Gasteiger charge is -2.61. The summed E-state index contributed by atoms with van der Waals surface area (Å²) in [4.78, 5) is 7.43. The Balaban J connectivity index is 1.93. The van der Waals surface area contributed by atoms with E-state index < -0.39 is 0 Å². The Kier molecular flexibility index (Phi) is 2.48. The van der Waals surface area contributed by atoms with Crippen molar-refractivity contribution < 1.29 is 4.42 Å². The van der Waals surface area contributed by atoms with Crippen molar-refractivity contribution in [2.24, 2.45) is 5.41 Å². The summed E-state index contributed by atoms with van der Waals surface area (Å²) in [5.74, 6) is 0.699. The van der Waals surface area contributed by atoms with Gasteiger partial charge >= 0.3 is 5.84 Å². The molecule has 0 N–H and O–H groups in total. The number of imidazole rings is 1. The largest absolute Gasteiger partial charge is 0.432 e. The fourth-order valence-corrected chi connectivity index (χ4v) is 5.41. The Morgan fingerprint density at radius 3 is 2.56 bits per heavy atom. The Bertz CT molecular complexity index is 1010. The molecule has 0 amide bonds. The van der Waals surface area contributed by atoms with Crippen LogP contribution in [0.25, 0.3) is 5.84 Å². The molecule has 0 saturated carbocycles. The van der Waals surface area contributed by atoms with Crippen LogP contribution in [0.3, 0.4) is 0 Å². The summed E-state index contributed by atoms with van der Waals surface area (Å²) in [5.41, 5.74) is 4.99. The first kappa shape index (κ1) is 15.1. The van der Waals surface area contributed by atoms with Crippen LogP contribution in [0.15, 0.2) is 41.1 Å². The molecule has 4 nitrogen and oxygen atoms in total. The van der Waals surface area contributed by atoms with E-state index in [4.69, 9.17) is 9.40 Å². The van der Waals surface area contributed by atoms with E-state index in [2.05, 4.69) is 75.1 Å². The Morgan fingerprint density at radius 1 is 1.08 bits per heavy atom. The molecule has 0 aliphatic carbocycles. The van der Waals surface area contributed by atoms with E-state index in [1.807, 2.05) is 6.20 Å². The number of rotatable bonds is 0. The van der Waals surface area contributed by atoms with Crippen molar-refractivity contribution in [2.75, 3.05) is 4.90 Å². The number of fused-ring (bicyclic) bond motifs is 7. The number of aromatic nitrogens is 2. The van der Waals surface area contributed by atoms with Gasteiger partial charge in [-0.05, 0) is 30.9 Å². The second-order valence-corrected chi connectivity index (χ2v) is 8.79. The first-order valence-electron chi connectivity index (χ1n) is 9.07. The van der Waals surface area contributed by atoms with Crippen LogP contribution < -0.4 is 4.90 Å². The molecule has 3 aromatic rings. The molecule has 4 heterocycles. The average molecular weight is 335 g/mol. The molecule has 2 atom stereocenters. The summed E-state index contributed by atoms with van der Waals surface area (Å²) in [6.45, 7) is 14.2. The molecule has 2 aliphatic heterocycles. The fourth-order valence-electron chi connectivity index (χ4n) is 5.41. The molecule has 1 aromatic carbocycles. The molecule has 2 unspecified atom stereocenters. The van der Waals surface area contributed by atoms with Crippen LogP contribution in [0, 0.1) is 5.41 Å². The van der Waals surface area contributed by atoms with Crippen LogP contribution in [-0.4, -0.2) is 9.38 Å². The Morgan fingerprint density at radius 2 is 1.80 bits per heavy atom. The zero-order valence-corrected chi connectivity index (χ0v) is 15.8. The molecule has 0 bridgehead atoms. The predicted octanol–water partition coefficient (Wildman–Crippen LogP) is 5.04. The summed E-state index contributed by atoms with van der Waals surface area (Å²) in [7, 11) is 0. The van der Waals surface area contributed by atoms with Crippen LogP contribution in [0.5, 0.6) is 0 Å². The molecule has 0 spiro atoms. The quantitative estimate of drug-likeness (QED) is 0.577. The van der Waals surface area contributed by atoms with E-state index in [1.54, 1.807) is 6.26 Å². The number of oxazole rings is 1. The number of benzene rings is 1. The van der Waals surface area contributed by atoms with Crippen LogP contribution >= 0.6 is 0 Å². The average Bonchev–Trinajstić information content (AvgIpc) is 3.19. The Hall–Kier alpha value is -2.23. The van der Waals surface area contributed by atoms with Gasteiger partial charge in [-0.1, -0.05) is 45.9 Å². The van der Waals surface area contributed by atoms with E-state index in [0.29, 0.717) is 5.84 Å². The predicted molar refractivity (Wildman–Crippen MR) is 99.0 cm³/mol. The highest BCUT2D eigenvalue weighted by molar-refractivity contribution is 5.69. The van der Waals surface area contributed by atoms with Gasteiger partial charge in [0.2, 0.25) is 0 Å². The first-order valence-corrected chi connectivity index (χ1v) is 9.07. The van der Waals surface area contributed by atoms with Crippen molar-refractivity contribution in [3.63, 3.8) is 0 Å². The number of anilines is 1. The van der Waals surface area contributed by atoms with Crippen molar-refractivity contribution >= 4 is 11.5 Å². The molecule has 5 rings (SSSR count). The van der Waals surface area contributed by atoms with E-state index in [9.17, 15) is 0 Å². The minimum atomic E-state index is -0.178. The number of nitrogens with zero attached hydrogens (tertiary/aromatic N) is 3. The highest BCUT2D eigenvalue weighted by Crippen LogP contribution is 2.66. The van der Waals surface area contributed by atoms with E-state index in [0.717, 1.165) is 5.69 Å². The third-order valence-electron chi connectivity index (χ3n) is 7.63. The fraction of sp³-hybridized carbons (Fsp3) is 0.476. The molecule has 130 valence electrons. The SMILES string of the molecule is CC1c2nc3occn3c2C2(C)N1c1ccccc1C(C)(C)C2(C)C. The Labute approximate surface area is 148 Å². The van der Waals surface area contributed by atoms with Crippen molar-refractivity contribution in [3.8, 4) is 0 Å². The monoisotopic (exact) mass is 335 g/mol. The summed E-state index contributed by atoms with van der Waals surface area (Å²) < 4.78 is 7.76. The van der Waals surface area contributed by atoms with Crippen molar-refractivity contribution in [1.82, 2.24) is 9.38 Å². The molecule has 25 heavy (non-hydrogen) atoms. The van der Waals surface area contributed by atoms with Gasteiger partial charge in [-0.3, -0.25) is 4.40 Å². The second kappa shape index (κ2) is 4.12. The summed E-state index contributed by atoms with van der Waals surface area (Å²) >= 11 is 0. The summed E-state index contributed by atoms with van der Waals surface area (Å²) in [6, 6.07) is 9.09. The number of para-hydroxylation sites is 1. The maximum absolute atomic E-state index is 5.61. The molecular weight excluding hydrogens is 310 g/mol. The van der Waals surface area contributed by atoms with Crippen molar-refractivity contribution in [2.45, 2.75) is 58.5 Å². The van der Waals surface area contributed by atoms with Gasteiger partial charge in [0.1, 0.15) is 6.26 Å².